The number of rotatable bonds is 14. The van der Waals surface area contributed by atoms with Crippen LogP contribution in [0.15, 0.2) is 64.6 Å². The first-order valence-electron chi connectivity index (χ1n) is 16.7. The van der Waals surface area contributed by atoms with Crippen LogP contribution in [0.2, 0.25) is 10.0 Å². The molecule has 268 valence electrons. The Balaban J connectivity index is 1.56. The highest BCUT2D eigenvalue weighted by atomic mass is 35.5. The van der Waals surface area contributed by atoms with Crippen molar-refractivity contribution in [1.82, 2.24) is 24.3 Å². The highest BCUT2D eigenvalue weighted by molar-refractivity contribution is 6.35. The van der Waals surface area contributed by atoms with E-state index in [9.17, 15) is 14.7 Å². The first-order valence-corrected chi connectivity index (χ1v) is 17.5. The van der Waals surface area contributed by atoms with Gasteiger partial charge in [-0.05, 0) is 87.9 Å². The van der Waals surface area contributed by atoms with Gasteiger partial charge in [-0.2, -0.15) is 10.2 Å². The van der Waals surface area contributed by atoms with Crippen molar-refractivity contribution in [2.24, 2.45) is 12.1 Å². The maximum atomic E-state index is 13.1. The Hall–Kier alpha value is -4.80. The number of halogens is 2. The number of allylic oxidation sites excluding steroid dienone is 4. The van der Waals surface area contributed by atoms with Gasteiger partial charge in [0.1, 0.15) is 11.4 Å². The normalized spacial score (nSPS) is 13.7. The molecule has 2 aromatic heterocycles. The average molecular weight is 732 g/mol. The lowest BCUT2D eigenvalue weighted by Crippen LogP contribution is -2.28. The molecular formula is C39H44Cl2N6O4. The molecule has 12 heteroatoms. The van der Waals surface area contributed by atoms with E-state index in [-0.39, 0.29) is 5.70 Å². The van der Waals surface area contributed by atoms with Crippen LogP contribution in [0.25, 0.3) is 22.0 Å². The van der Waals surface area contributed by atoms with Crippen molar-refractivity contribution in [2.45, 2.75) is 53.5 Å². The number of carboxylic acids is 1. The van der Waals surface area contributed by atoms with E-state index in [1.165, 1.54) is 5.01 Å². The van der Waals surface area contributed by atoms with Crippen molar-refractivity contribution in [3.05, 3.63) is 103 Å². The highest BCUT2D eigenvalue weighted by Crippen LogP contribution is 2.42. The van der Waals surface area contributed by atoms with Crippen molar-refractivity contribution >= 4 is 53.1 Å². The predicted octanol–water partition coefficient (Wildman–Crippen LogP) is 8.07. The molecule has 0 saturated carbocycles. The van der Waals surface area contributed by atoms with Crippen LogP contribution in [0.1, 0.15) is 51.4 Å². The number of benzene rings is 2. The van der Waals surface area contributed by atoms with Crippen molar-refractivity contribution in [3.63, 3.8) is 0 Å². The lowest BCUT2D eigenvalue weighted by atomic mass is 9.98. The van der Waals surface area contributed by atoms with Gasteiger partial charge >= 0.3 is 5.97 Å². The van der Waals surface area contributed by atoms with E-state index in [1.807, 2.05) is 98.4 Å². The van der Waals surface area contributed by atoms with Gasteiger partial charge in [-0.1, -0.05) is 41.4 Å². The molecule has 2 aromatic carbocycles. The van der Waals surface area contributed by atoms with E-state index >= 15 is 0 Å². The van der Waals surface area contributed by atoms with E-state index in [4.69, 9.17) is 27.9 Å². The summed E-state index contributed by atoms with van der Waals surface area (Å²) in [6.07, 6.45) is 8.32. The fraction of sp³-hybridized carbons (Fsp3) is 0.333. The average Bonchev–Trinajstić information content (AvgIpc) is 3.54. The number of carbonyl (C=O) groups excluding carboxylic acids is 1. The van der Waals surface area contributed by atoms with Crippen molar-refractivity contribution in [2.75, 3.05) is 27.2 Å². The summed E-state index contributed by atoms with van der Waals surface area (Å²) >= 11 is 13.4. The Kier molecular flexibility index (Phi) is 11.5. The summed E-state index contributed by atoms with van der Waals surface area (Å²) in [5.41, 5.74) is 9.21. The molecule has 51 heavy (non-hydrogen) atoms. The van der Waals surface area contributed by atoms with Gasteiger partial charge in [0.15, 0.2) is 6.29 Å². The Morgan fingerprint density at radius 3 is 2.45 bits per heavy atom. The molecule has 5 rings (SSSR count). The molecule has 1 aliphatic rings. The Morgan fingerprint density at radius 1 is 1.14 bits per heavy atom. The molecule has 0 aliphatic heterocycles. The van der Waals surface area contributed by atoms with Gasteiger partial charge in [0.25, 0.3) is 0 Å². The number of carboxylic acid groups (broad SMARTS) is 1. The van der Waals surface area contributed by atoms with Crippen molar-refractivity contribution in [3.8, 4) is 16.9 Å². The Morgan fingerprint density at radius 2 is 1.84 bits per heavy atom. The molecule has 0 fully saturated rings. The molecule has 1 aliphatic carbocycles. The number of aryl methyl sites for hydroxylation is 5. The zero-order valence-electron chi connectivity index (χ0n) is 30.2. The molecule has 1 N–H and O–H groups in total. The number of hydrazone groups is 1. The van der Waals surface area contributed by atoms with Gasteiger partial charge in [0.2, 0.25) is 0 Å². The number of likely N-dealkylation sites (N-methyl/N-ethyl adjacent to an activating group) is 2. The SMILES string of the molecule is C=NN(C)/C(C(=O)O)=C1\CC=CC=C1N(C)CCn1c(C=O)c(CCCOc2cc(C)c(Cl)c(C)c2)c2ccc(Cl)c(-c3c(C)nn(C)c3C)c21. The number of fused-ring (bicyclic) bond motifs is 1. The molecular weight excluding hydrogens is 687 g/mol. The third-order valence-corrected chi connectivity index (χ3v) is 10.5. The number of ether oxygens (including phenoxy) is 1. The third-order valence-electron chi connectivity index (χ3n) is 9.56. The zero-order chi connectivity index (χ0) is 37.1. The number of aromatic nitrogens is 3. The standard InChI is InChI=1S/C39H44Cl2N6O4/c1-23-20-27(21-24(2)36(23)41)51-19-11-13-28-29-15-16-31(40)35(34-25(3)43-45(7)26(34)4)37(29)47(33(28)22-48)18-17-44(6)32-14-10-9-12-30(32)38(39(49)50)46(8)42-5/h9-10,14-16,20-22H,5,11-13,17-19H2,1-4,6-8H3,(H,49,50)/b38-30+. The smallest absolute Gasteiger partial charge is 0.354 e. The number of aliphatic carboxylic acids is 1. The maximum absolute atomic E-state index is 13.1. The van der Waals surface area contributed by atoms with E-state index < -0.39 is 5.97 Å². The topological polar surface area (TPSA) is 105 Å². The lowest BCUT2D eigenvalue weighted by molar-refractivity contribution is -0.134. The van der Waals surface area contributed by atoms with Gasteiger partial charge in [0.05, 0.1) is 28.5 Å². The zero-order valence-corrected chi connectivity index (χ0v) is 31.7. The molecule has 0 saturated heterocycles. The summed E-state index contributed by atoms with van der Waals surface area (Å²) in [6.45, 7) is 12.7. The van der Waals surface area contributed by atoms with Crippen LogP contribution in [0.3, 0.4) is 0 Å². The summed E-state index contributed by atoms with van der Waals surface area (Å²) in [7, 11) is 5.39. The summed E-state index contributed by atoms with van der Waals surface area (Å²) in [5.74, 6) is -0.334. The number of carbonyl (C=O) groups is 2. The Labute approximate surface area is 308 Å². The minimum atomic E-state index is -1.09. The van der Waals surface area contributed by atoms with Crippen LogP contribution in [0, 0.1) is 27.7 Å². The largest absolute Gasteiger partial charge is 0.494 e. The van der Waals surface area contributed by atoms with E-state index in [0.29, 0.717) is 55.2 Å². The molecule has 0 spiro atoms. The predicted molar refractivity (Wildman–Crippen MR) is 205 cm³/mol. The highest BCUT2D eigenvalue weighted by Gasteiger charge is 2.27. The number of nitrogens with zero attached hydrogens (tertiary/aromatic N) is 6. The van der Waals surface area contributed by atoms with Gasteiger partial charge in [-0.25, -0.2) is 4.79 Å². The van der Waals surface area contributed by atoms with Gasteiger partial charge in [-0.15, -0.1) is 0 Å². The molecule has 10 nitrogen and oxygen atoms in total. The second-order valence-electron chi connectivity index (χ2n) is 12.8. The third kappa shape index (κ3) is 7.34. The van der Waals surface area contributed by atoms with Crippen LogP contribution >= 0.6 is 23.2 Å². The fourth-order valence-electron chi connectivity index (χ4n) is 6.97. The molecule has 0 unspecified atom stereocenters. The van der Waals surface area contributed by atoms with Crippen molar-refractivity contribution < 1.29 is 19.4 Å². The summed E-state index contributed by atoms with van der Waals surface area (Å²) < 4.78 is 10.0. The molecule has 4 aromatic rings. The molecule has 0 bridgehead atoms. The van der Waals surface area contributed by atoms with Crippen LogP contribution < -0.4 is 4.74 Å². The minimum Gasteiger partial charge on any atom is -0.494 e. The van der Waals surface area contributed by atoms with Gasteiger partial charge in [0, 0.05) is 79.4 Å². The van der Waals surface area contributed by atoms with E-state index in [1.54, 1.807) is 7.05 Å². The second-order valence-corrected chi connectivity index (χ2v) is 13.6. The quantitative estimate of drug-likeness (QED) is 0.0460. The number of aldehydes is 1. The maximum Gasteiger partial charge on any atom is 0.354 e. The first kappa shape index (κ1) is 37.5. The molecule has 2 heterocycles. The summed E-state index contributed by atoms with van der Waals surface area (Å²) in [6, 6.07) is 7.75. The molecule has 0 atom stereocenters. The van der Waals surface area contributed by atoms with Crippen LogP contribution in [-0.4, -0.2) is 75.6 Å². The fourth-order valence-corrected chi connectivity index (χ4v) is 7.33. The number of hydrogen-bond donors (Lipinski definition) is 1. The van der Waals surface area contributed by atoms with Crippen molar-refractivity contribution in [1.29, 1.82) is 0 Å². The van der Waals surface area contributed by atoms with E-state index in [2.05, 4.69) is 16.9 Å². The van der Waals surface area contributed by atoms with Crippen LogP contribution in [0.4, 0.5) is 0 Å². The first-order chi connectivity index (χ1) is 24.3. The second kappa shape index (κ2) is 15.6. The Bertz CT molecular complexity index is 2100. The van der Waals surface area contributed by atoms with Crippen LogP contribution in [0.5, 0.6) is 5.75 Å². The van der Waals surface area contributed by atoms with Gasteiger partial charge < -0.3 is 19.3 Å². The number of hydrogen-bond acceptors (Lipinski definition) is 7. The van der Waals surface area contributed by atoms with Crippen LogP contribution in [-0.2, 0) is 24.8 Å². The van der Waals surface area contributed by atoms with Gasteiger partial charge in [-0.3, -0.25) is 14.5 Å². The van der Waals surface area contributed by atoms with E-state index in [0.717, 1.165) is 72.9 Å². The monoisotopic (exact) mass is 730 g/mol. The molecule has 0 amide bonds. The minimum absolute atomic E-state index is 0.0532. The lowest BCUT2D eigenvalue weighted by Gasteiger charge is -2.29. The molecule has 0 radical (unpaired) electrons. The summed E-state index contributed by atoms with van der Waals surface area (Å²) in [5, 5.41) is 22.1. The summed E-state index contributed by atoms with van der Waals surface area (Å²) in [4.78, 5) is 27.4.